The second-order valence-electron chi connectivity index (χ2n) is 7.38. The van der Waals surface area contributed by atoms with Gasteiger partial charge in [0.15, 0.2) is 0 Å². The molecule has 0 aliphatic heterocycles. The third-order valence-electron chi connectivity index (χ3n) is 4.53. The first kappa shape index (κ1) is 17.0. The summed E-state index contributed by atoms with van der Waals surface area (Å²) < 4.78 is 0. The quantitative estimate of drug-likeness (QED) is 0.530. The second-order valence-corrected chi connectivity index (χ2v) is 16.9. The summed E-state index contributed by atoms with van der Waals surface area (Å²) in [5, 5.41) is 3.11. The molecule has 0 radical (unpaired) electrons. The molecular formula is C20H28Si2. The topological polar surface area (TPSA) is 0 Å². The average Bonchev–Trinajstić information content (AvgIpc) is 2.53. The van der Waals surface area contributed by atoms with Crippen molar-refractivity contribution in [1.82, 2.24) is 0 Å². The molecule has 0 heterocycles. The fraction of sp³-hybridized carbons (Fsp3) is 0.300. The number of rotatable bonds is 6. The molecule has 0 amide bonds. The van der Waals surface area contributed by atoms with E-state index < -0.39 is 16.1 Å². The lowest BCUT2D eigenvalue weighted by atomic mass is 10.4. The van der Waals surface area contributed by atoms with E-state index in [-0.39, 0.29) is 0 Å². The lowest BCUT2D eigenvalue weighted by molar-refractivity contribution is 1.46. The standard InChI is InChI=1S/C20H28Si2/c1-21(2,19-13-7-5-8-14-19)17-11-12-18-22(3,4)20-15-9-6-10-16-20/h5-16H,17-18H2,1-4H3/b12-11-. The Labute approximate surface area is 137 Å². The maximum Gasteiger partial charge on any atom is 0.0843 e. The third kappa shape index (κ3) is 4.55. The molecule has 0 aliphatic carbocycles. The van der Waals surface area contributed by atoms with E-state index in [9.17, 15) is 0 Å². The summed E-state index contributed by atoms with van der Waals surface area (Å²) in [6.07, 6.45) is 4.88. The molecule has 0 saturated carbocycles. The Balaban J connectivity index is 1.96. The van der Waals surface area contributed by atoms with Crippen LogP contribution in [0.2, 0.25) is 38.3 Å². The molecule has 0 fully saturated rings. The van der Waals surface area contributed by atoms with Crippen LogP contribution < -0.4 is 10.4 Å². The summed E-state index contributed by atoms with van der Waals surface area (Å²) in [5.41, 5.74) is 0. The molecule has 22 heavy (non-hydrogen) atoms. The lowest BCUT2D eigenvalue weighted by Gasteiger charge is -2.23. The molecule has 0 aliphatic rings. The number of hydrogen-bond acceptors (Lipinski definition) is 0. The molecule has 0 N–H and O–H groups in total. The molecule has 0 unspecified atom stereocenters. The molecule has 0 bridgehead atoms. The van der Waals surface area contributed by atoms with Crippen molar-refractivity contribution in [3.8, 4) is 0 Å². The van der Waals surface area contributed by atoms with Gasteiger partial charge in [-0.2, -0.15) is 0 Å². The van der Waals surface area contributed by atoms with Crippen molar-refractivity contribution in [3.05, 3.63) is 72.8 Å². The SMILES string of the molecule is C[Si](C)(C/C=C\C[Si](C)(C)c1ccccc1)c1ccccc1. The smallest absolute Gasteiger partial charge is 0.0843 e. The maximum atomic E-state index is 2.46. The normalized spacial score (nSPS) is 12.7. The van der Waals surface area contributed by atoms with Gasteiger partial charge in [-0.15, -0.1) is 0 Å². The zero-order valence-electron chi connectivity index (χ0n) is 14.3. The third-order valence-corrected chi connectivity index (χ3v) is 10.8. The van der Waals surface area contributed by atoms with Crippen LogP contribution in [0.5, 0.6) is 0 Å². The van der Waals surface area contributed by atoms with Gasteiger partial charge in [0.2, 0.25) is 0 Å². The van der Waals surface area contributed by atoms with E-state index in [2.05, 4.69) is 99.0 Å². The largest absolute Gasteiger partial charge is 0.0912 e. The van der Waals surface area contributed by atoms with Crippen LogP contribution in [0.1, 0.15) is 0 Å². The molecule has 0 aromatic heterocycles. The van der Waals surface area contributed by atoms with Crippen LogP contribution in [-0.2, 0) is 0 Å². The van der Waals surface area contributed by atoms with Gasteiger partial charge in [0.25, 0.3) is 0 Å². The van der Waals surface area contributed by atoms with Crippen LogP contribution in [0, 0.1) is 0 Å². The fourth-order valence-corrected chi connectivity index (χ4v) is 6.94. The Bertz CT molecular complexity index is 543. The fourth-order valence-electron chi connectivity index (χ4n) is 2.77. The van der Waals surface area contributed by atoms with E-state index in [0.717, 1.165) is 0 Å². The lowest BCUT2D eigenvalue weighted by Crippen LogP contribution is -2.41. The highest BCUT2D eigenvalue weighted by molar-refractivity contribution is 6.90. The summed E-state index contributed by atoms with van der Waals surface area (Å²) in [6, 6.07) is 24.5. The highest BCUT2D eigenvalue weighted by Crippen LogP contribution is 2.14. The number of allylic oxidation sites excluding steroid dienone is 2. The van der Waals surface area contributed by atoms with Crippen LogP contribution in [0.25, 0.3) is 0 Å². The van der Waals surface area contributed by atoms with Crippen LogP contribution >= 0.6 is 0 Å². The van der Waals surface area contributed by atoms with Crippen LogP contribution in [-0.4, -0.2) is 16.1 Å². The van der Waals surface area contributed by atoms with Crippen LogP contribution in [0.4, 0.5) is 0 Å². The predicted molar refractivity (Wildman–Crippen MR) is 106 cm³/mol. The van der Waals surface area contributed by atoms with E-state index in [1.54, 1.807) is 10.4 Å². The Morgan fingerprint density at radius 1 is 0.591 bits per heavy atom. The van der Waals surface area contributed by atoms with Gasteiger partial charge in [0, 0.05) is 0 Å². The molecule has 2 heteroatoms. The van der Waals surface area contributed by atoms with E-state index in [4.69, 9.17) is 0 Å². The zero-order chi connectivity index (χ0) is 16.1. The molecule has 116 valence electrons. The van der Waals surface area contributed by atoms with Crippen molar-refractivity contribution in [1.29, 1.82) is 0 Å². The van der Waals surface area contributed by atoms with E-state index in [1.807, 2.05) is 0 Å². The molecule has 0 spiro atoms. The Hall–Kier alpha value is -1.39. The van der Waals surface area contributed by atoms with E-state index in [0.29, 0.717) is 0 Å². The van der Waals surface area contributed by atoms with Crippen molar-refractivity contribution >= 4 is 26.5 Å². The Morgan fingerprint density at radius 2 is 0.909 bits per heavy atom. The molecule has 2 aromatic carbocycles. The van der Waals surface area contributed by atoms with E-state index >= 15 is 0 Å². The van der Waals surface area contributed by atoms with Crippen molar-refractivity contribution in [2.75, 3.05) is 0 Å². The van der Waals surface area contributed by atoms with Gasteiger partial charge in [-0.05, 0) is 12.1 Å². The van der Waals surface area contributed by atoms with Crippen molar-refractivity contribution in [3.63, 3.8) is 0 Å². The molecular weight excluding hydrogens is 296 g/mol. The Morgan fingerprint density at radius 3 is 1.23 bits per heavy atom. The first-order chi connectivity index (χ1) is 10.4. The van der Waals surface area contributed by atoms with Crippen molar-refractivity contribution in [2.45, 2.75) is 38.3 Å². The van der Waals surface area contributed by atoms with Gasteiger partial charge < -0.3 is 0 Å². The first-order valence-electron chi connectivity index (χ1n) is 8.18. The summed E-state index contributed by atoms with van der Waals surface area (Å²) >= 11 is 0. The van der Waals surface area contributed by atoms with Gasteiger partial charge in [-0.1, -0.05) is 109 Å². The average molecular weight is 325 g/mol. The van der Waals surface area contributed by atoms with Crippen molar-refractivity contribution in [2.24, 2.45) is 0 Å². The summed E-state index contributed by atoms with van der Waals surface area (Å²) in [7, 11) is -2.65. The Kier molecular flexibility index (Phi) is 5.59. The zero-order valence-corrected chi connectivity index (χ0v) is 16.3. The van der Waals surface area contributed by atoms with Gasteiger partial charge in [-0.3, -0.25) is 0 Å². The second kappa shape index (κ2) is 7.25. The van der Waals surface area contributed by atoms with Gasteiger partial charge in [-0.25, -0.2) is 0 Å². The molecule has 0 saturated heterocycles. The van der Waals surface area contributed by atoms with Gasteiger partial charge in [0.1, 0.15) is 0 Å². The monoisotopic (exact) mass is 324 g/mol. The minimum Gasteiger partial charge on any atom is -0.0912 e. The maximum absolute atomic E-state index is 2.46. The number of benzene rings is 2. The molecule has 0 nitrogen and oxygen atoms in total. The van der Waals surface area contributed by atoms with Gasteiger partial charge >= 0.3 is 0 Å². The first-order valence-corrected chi connectivity index (χ1v) is 14.6. The van der Waals surface area contributed by atoms with E-state index in [1.165, 1.54) is 12.1 Å². The summed E-state index contributed by atoms with van der Waals surface area (Å²) in [5.74, 6) is 0. The van der Waals surface area contributed by atoms with Crippen LogP contribution in [0.15, 0.2) is 72.8 Å². The minimum absolute atomic E-state index is 1.23. The molecule has 2 rings (SSSR count). The molecule has 0 atom stereocenters. The van der Waals surface area contributed by atoms with Gasteiger partial charge in [0.05, 0.1) is 16.1 Å². The predicted octanol–water partition coefficient (Wildman–Crippen LogP) is 4.77. The summed E-state index contributed by atoms with van der Waals surface area (Å²) in [6.45, 7) is 9.86. The van der Waals surface area contributed by atoms with Crippen molar-refractivity contribution < 1.29 is 0 Å². The van der Waals surface area contributed by atoms with Crippen LogP contribution in [0.3, 0.4) is 0 Å². The minimum atomic E-state index is -1.33. The number of hydrogen-bond donors (Lipinski definition) is 0. The molecule has 2 aromatic rings. The highest BCUT2D eigenvalue weighted by Gasteiger charge is 2.23. The highest BCUT2D eigenvalue weighted by atomic mass is 28.3. The summed E-state index contributed by atoms with van der Waals surface area (Å²) in [4.78, 5) is 0.